The maximum Gasteiger partial charge on any atom is 0.416 e. The van der Waals surface area contributed by atoms with Crippen LogP contribution in [0.2, 0.25) is 0 Å². The summed E-state index contributed by atoms with van der Waals surface area (Å²) in [5.41, 5.74) is -0.0622. The van der Waals surface area contributed by atoms with Gasteiger partial charge in [0, 0.05) is 12.7 Å². The van der Waals surface area contributed by atoms with Crippen LogP contribution in [-0.2, 0) is 22.3 Å². The molecule has 0 bridgehead atoms. The average molecular weight is 449 g/mol. The number of hydrogen-bond acceptors (Lipinski definition) is 4. The zero-order chi connectivity index (χ0) is 23.3. The Bertz CT molecular complexity index is 1090. The fraction of sp³-hybridized carbons (Fsp3) is 0.227. The highest BCUT2D eigenvalue weighted by atomic mass is 19.4. The van der Waals surface area contributed by atoms with Crippen LogP contribution in [0.1, 0.15) is 28.5 Å². The fourth-order valence-electron chi connectivity index (χ4n) is 2.94. The number of alkyl halides is 3. The molecule has 2 aromatic carbocycles. The smallest absolute Gasteiger partial charge is 0.416 e. The molecule has 168 valence electrons. The summed E-state index contributed by atoms with van der Waals surface area (Å²) in [6, 6.07) is 11.3. The summed E-state index contributed by atoms with van der Waals surface area (Å²) < 4.78 is 58.1. The molecular formula is C22H19F4N3O3. The van der Waals surface area contributed by atoms with Gasteiger partial charge in [-0.3, -0.25) is 9.59 Å². The third-order valence-electron chi connectivity index (χ3n) is 4.45. The molecule has 1 amide bonds. The van der Waals surface area contributed by atoms with Crippen LogP contribution in [0.4, 0.5) is 17.6 Å². The van der Waals surface area contributed by atoms with Crippen molar-refractivity contribution in [2.24, 2.45) is 0 Å². The van der Waals surface area contributed by atoms with Crippen molar-refractivity contribution in [2.45, 2.75) is 19.6 Å². The normalized spacial score (nSPS) is 11.3. The Balaban J connectivity index is 1.83. The Morgan fingerprint density at radius 1 is 1.09 bits per heavy atom. The van der Waals surface area contributed by atoms with Gasteiger partial charge >= 0.3 is 12.1 Å². The molecule has 0 aliphatic carbocycles. The topological polar surface area (TPSA) is 64.4 Å². The Kier molecular flexibility index (Phi) is 6.92. The first-order valence-corrected chi connectivity index (χ1v) is 9.60. The van der Waals surface area contributed by atoms with E-state index in [4.69, 9.17) is 4.74 Å². The van der Waals surface area contributed by atoms with Gasteiger partial charge in [-0.1, -0.05) is 18.2 Å². The predicted octanol–water partition coefficient (Wildman–Crippen LogP) is 4.24. The van der Waals surface area contributed by atoms with Gasteiger partial charge in [-0.15, -0.1) is 0 Å². The van der Waals surface area contributed by atoms with Gasteiger partial charge in [-0.2, -0.15) is 18.3 Å². The first-order valence-electron chi connectivity index (χ1n) is 9.60. The second-order valence-electron chi connectivity index (χ2n) is 6.79. The molecule has 0 N–H and O–H groups in total. The van der Waals surface area contributed by atoms with Gasteiger partial charge < -0.3 is 9.64 Å². The molecule has 1 aromatic heterocycles. The predicted molar refractivity (Wildman–Crippen MR) is 106 cm³/mol. The van der Waals surface area contributed by atoms with Gasteiger partial charge in [-0.05, 0) is 48.9 Å². The first kappa shape index (κ1) is 23.0. The minimum atomic E-state index is -4.48. The molecule has 10 heteroatoms. The van der Waals surface area contributed by atoms with Gasteiger partial charge in [0.15, 0.2) is 5.69 Å². The average Bonchev–Trinajstić information content (AvgIpc) is 3.23. The lowest BCUT2D eigenvalue weighted by Crippen LogP contribution is -2.36. The van der Waals surface area contributed by atoms with E-state index in [0.717, 1.165) is 17.0 Å². The van der Waals surface area contributed by atoms with Crippen molar-refractivity contribution in [3.63, 3.8) is 0 Å². The molecule has 3 aromatic rings. The van der Waals surface area contributed by atoms with E-state index in [0.29, 0.717) is 11.3 Å². The fourth-order valence-corrected chi connectivity index (χ4v) is 2.94. The van der Waals surface area contributed by atoms with Gasteiger partial charge in [0.25, 0.3) is 5.91 Å². The number of carbonyl (C=O) groups excluding carboxylic acids is 2. The van der Waals surface area contributed by atoms with Crippen LogP contribution in [0.25, 0.3) is 5.69 Å². The molecule has 0 saturated carbocycles. The molecule has 0 spiro atoms. The van der Waals surface area contributed by atoms with E-state index >= 15 is 0 Å². The highest BCUT2D eigenvalue weighted by Gasteiger charge is 2.30. The van der Waals surface area contributed by atoms with E-state index in [1.54, 1.807) is 13.0 Å². The Morgan fingerprint density at radius 2 is 1.81 bits per heavy atom. The summed E-state index contributed by atoms with van der Waals surface area (Å²) in [6.45, 7) is 1.17. The number of amides is 1. The van der Waals surface area contributed by atoms with Crippen molar-refractivity contribution >= 4 is 11.9 Å². The van der Waals surface area contributed by atoms with E-state index in [9.17, 15) is 27.2 Å². The van der Waals surface area contributed by atoms with Crippen LogP contribution < -0.4 is 0 Å². The molecule has 0 aliphatic rings. The molecule has 1 heterocycles. The number of rotatable bonds is 7. The minimum absolute atomic E-state index is 0.0227. The summed E-state index contributed by atoms with van der Waals surface area (Å²) in [7, 11) is 0. The number of ether oxygens (including phenoxy) is 1. The second kappa shape index (κ2) is 9.63. The zero-order valence-corrected chi connectivity index (χ0v) is 17.0. The van der Waals surface area contributed by atoms with Crippen LogP contribution in [0.15, 0.2) is 60.8 Å². The number of halogens is 4. The van der Waals surface area contributed by atoms with Crippen LogP contribution in [-0.4, -0.2) is 39.7 Å². The number of nitrogens with zero attached hydrogens (tertiary/aromatic N) is 3. The Labute approximate surface area is 181 Å². The lowest BCUT2D eigenvalue weighted by atomic mass is 10.1. The number of carbonyl (C=O) groups is 2. The Hall–Kier alpha value is -3.69. The van der Waals surface area contributed by atoms with Crippen LogP contribution >= 0.6 is 0 Å². The van der Waals surface area contributed by atoms with Crippen molar-refractivity contribution in [3.8, 4) is 5.69 Å². The van der Waals surface area contributed by atoms with Crippen molar-refractivity contribution in [1.82, 2.24) is 14.7 Å². The van der Waals surface area contributed by atoms with Gasteiger partial charge in [0.05, 0.1) is 17.9 Å². The largest absolute Gasteiger partial charge is 0.465 e. The van der Waals surface area contributed by atoms with Crippen molar-refractivity contribution < 1.29 is 31.9 Å². The Morgan fingerprint density at radius 3 is 2.44 bits per heavy atom. The monoisotopic (exact) mass is 449 g/mol. The molecule has 0 radical (unpaired) electrons. The molecule has 0 fully saturated rings. The van der Waals surface area contributed by atoms with E-state index in [-0.39, 0.29) is 18.8 Å². The number of benzene rings is 2. The van der Waals surface area contributed by atoms with Gasteiger partial charge in [0.1, 0.15) is 12.4 Å². The SMILES string of the molecule is CCOC(=O)CN(Cc1ccc(C(F)(F)F)cc1)C(=O)c1ccn(-c2cccc(F)c2)n1. The molecule has 0 saturated heterocycles. The maximum atomic E-state index is 13.5. The number of esters is 1. The molecule has 0 atom stereocenters. The van der Waals surface area contributed by atoms with Gasteiger partial charge in [0.2, 0.25) is 0 Å². The molecule has 0 unspecified atom stereocenters. The number of hydrogen-bond donors (Lipinski definition) is 0. The molecule has 32 heavy (non-hydrogen) atoms. The zero-order valence-electron chi connectivity index (χ0n) is 17.0. The van der Waals surface area contributed by atoms with Crippen LogP contribution in [0, 0.1) is 5.82 Å². The summed E-state index contributed by atoms with van der Waals surface area (Å²) in [4.78, 5) is 26.1. The lowest BCUT2D eigenvalue weighted by molar-refractivity contribution is -0.144. The highest BCUT2D eigenvalue weighted by molar-refractivity contribution is 5.94. The third-order valence-corrected chi connectivity index (χ3v) is 4.45. The van der Waals surface area contributed by atoms with E-state index in [1.807, 2.05) is 0 Å². The molecule has 6 nitrogen and oxygen atoms in total. The van der Waals surface area contributed by atoms with E-state index < -0.39 is 36.0 Å². The number of aromatic nitrogens is 2. The quantitative estimate of drug-likeness (QED) is 0.400. The lowest BCUT2D eigenvalue weighted by Gasteiger charge is -2.21. The standard InChI is InChI=1S/C22H19F4N3O3/c1-2-32-20(30)14-28(13-15-6-8-16(9-7-15)22(24,25)26)21(31)19-10-11-29(27-19)18-5-3-4-17(23)12-18/h3-12H,2,13-14H2,1H3. The summed E-state index contributed by atoms with van der Waals surface area (Å²) >= 11 is 0. The van der Waals surface area contributed by atoms with E-state index in [1.165, 1.54) is 47.3 Å². The first-order chi connectivity index (χ1) is 15.2. The summed E-state index contributed by atoms with van der Waals surface area (Å²) in [5.74, 6) is -1.78. The van der Waals surface area contributed by atoms with Crippen LogP contribution in [0.3, 0.4) is 0 Å². The highest BCUT2D eigenvalue weighted by Crippen LogP contribution is 2.29. The van der Waals surface area contributed by atoms with Crippen molar-refractivity contribution in [3.05, 3.63) is 83.4 Å². The second-order valence-corrected chi connectivity index (χ2v) is 6.79. The summed E-state index contributed by atoms with van der Waals surface area (Å²) in [6.07, 6.45) is -3.02. The third kappa shape index (κ3) is 5.71. The molecular weight excluding hydrogens is 430 g/mol. The maximum absolute atomic E-state index is 13.5. The minimum Gasteiger partial charge on any atom is -0.465 e. The van der Waals surface area contributed by atoms with E-state index in [2.05, 4.69) is 5.10 Å². The van der Waals surface area contributed by atoms with Crippen molar-refractivity contribution in [2.75, 3.05) is 13.2 Å². The van der Waals surface area contributed by atoms with Gasteiger partial charge in [-0.25, -0.2) is 9.07 Å². The molecule has 3 rings (SSSR count). The van der Waals surface area contributed by atoms with Crippen molar-refractivity contribution in [1.29, 1.82) is 0 Å². The molecule has 0 aliphatic heterocycles. The van der Waals surface area contributed by atoms with Crippen LogP contribution in [0.5, 0.6) is 0 Å². The summed E-state index contributed by atoms with van der Waals surface area (Å²) in [5, 5.41) is 4.14.